The Hall–Kier alpha value is -2.24. The summed E-state index contributed by atoms with van der Waals surface area (Å²) < 4.78 is 10.5. The van der Waals surface area contributed by atoms with E-state index in [1.807, 2.05) is 18.2 Å². The van der Waals surface area contributed by atoms with Gasteiger partial charge in [-0.2, -0.15) is 0 Å². The zero-order valence-corrected chi connectivity index (χ0v) is 15.5. The number of ether oxygens (including phenoxy) is 2. The third-order valence-electron chi connectivity index (χ3n) is 3.80. The molecule has 136 valence electrons. The highest BCUT2D eigenvalue weighted by molar-refractivity contribution is 6.35. The van der Waals surface area contributed by atoms with E-state index in [2.05, 4.69) is 16.4 Å². The van der Waals surface area contributed by atoms with Gasteiger partial charge in [-0.05, 0) is 30.2 Å². The fraction of sp³-hybridized carbons (Fsp3) is 0.263. The van der Waals surface area contributed by atoms with Crippen LogP contribution in [0, 0.1) is 0 Å². The van der Waals surface area contributed by atoms with Crippen molar-refractivity contribution in [2.75, 3.05) is 19.8 Å². The second-order valence-corrected chi connectivity index (χ2v) is 6.53. The Kier molecular flexibility index (Phi) is 6.36. The molecule has 26 heavy (non-hydrogen) atoms. The number of amidine groups is 1. The summed E-state index contributed by atoms with van der Waals surface area (Å²) in [6.07, 6.45) is 0.675. The van der Waals surface area contributed by atoms with Gasteiger partial charge in [-0.25, -0.2) is 4.79 Å². The largest absolute Gasteiger partial charge is 0.480 e. The molecule has 0 saturated carbocycles. The lowest BCUT2D eigenvalue weighted by molar-refractivity contribution is -0.146. The average molecular weight is 393 g/mol. The standard InChI is InChI=1S/C19H18Cl2N2O3/c20-14-6-7-17(16(21)10-14)26-12-18(24)25-9-3-8-22-19-15-5-2-1-4-13(15)11-23-19/h1-2,4-7,10H,3,8-9,11-12H2,(H,22,23). The van der Waals surface area contributed by atoms with Gasteiger partial charge in [0.15, 0.2) is 6.61 Å². The molecule has 0 saturated heterocycles. The topological polar surface area (TPSA) is 59.9 Å². The van der Waals surface area contributed by atoms with Crippen LogP contribution >= 0.6 is 23.2 Å². The number of carbonyl (C=O) groups is 1. The Morgan fingerprint density at radius 1 is 1.19 bits per heavy atom. The van der Waals surface area contributed by atoms with E-state index in [1.165, 1.54) is 5.56 Å². The van der Waals surface area contributed by atoms with Crippen LogP contribution in [0.1, 0.15) is 17.5 Å². The van der Waals surface area contributed by atoms with E-state index in [-0.39, 0.29) is 6.61 Å². The SMILES string of the molecule is O=C(COc1ccc(Cl)cc1Cl)OCCCNC1=NCc2ccccc21. The molecule has 2 aromatic rings. The van der Waals surface area contributed by atoms with Crippen molar-refractivity contribution in [3.63, 3.8) is 0 Å². The number of benzene rings is 2. The number of nitrogens with zero attached hydrogens (tertiary/aromatic N) is 1. The molecule has 5 nitrogen and oxygen atoms in total. The number of hydrogen-bond acceptors (Lipinski definition) is 5. The lowest BCUT2D eigenvalue weighted by Gasteiger charge is -2.10. The molecule has 7 heteroatoms. The van der Waals surface area contributed by atoms with Crippen molar-refractivity contribution in [2.45, 2.75) is 13.0 Å². The molecule has 0 atom stereocenters. The predicted molar refractivity (Wildman–Crippen MR) is 102 cm³/mol. The molecule has 1 aliphatic rings. The molecular weight excluding hydrogens is 375 g/mol. The van der Waals surface area contributed by atoms with Crippen LogP contribution in [-0.4, -0.2) is 31.6 Å². The molecule has 0 bridgehead atoms. The number of rotatable bonds is 7. The molecule has 2 aromatic carbocycles. The molecule has 0 aromatic heterocycles. The van der Waals surface area contributed by atoms with Crippen LogP contribution in [0.2, 0.25) is 10.0 Å². The second-order valence-electron chi connectivity index (χ2n) is 5.69. The van der Waals surface area contributed by atoms with Crippen molar-refractivity contribution in [2.24, 2.45) is 4.99 Å². The van der Waals surface area contributed by atoms with E-state index < -0.39 is 5.97 Å². The van der Waals surface area contributed by atoms with Crippen LogP contribution in [0.4, 0.5) is 0 Å². The van der Waals surface area contributed by atoms with Crippen LogP contribution in [0.5, 0.6) is 5.75 Å². The summed E-state index contributed by atoms with van der Waals surface area (Å²) in [5.41, 5.74) is 2.36. The maximum absolute atomic E-state index is 11.7. The molecular formula is C19H18Cl2N2O3. The highest BCUT2D eigenvalue weighted by Crippen LogP contribution is 2.27. The van der Waals surface area contributed by atoms with Crippen molar-refractivity contribution in [3.8, 4) is 5.75 Å². The number of aliphatic imine (C=N–C) groups is 1. The van der Waals surface area contributed by atoms with Crippen molar-refractivity contribution >= 4 is 35.0 Å². The van der Waals surface area contributed by atoms with E-state index in [9.17, 15) is 4.79 Å². The quantitative estimate of drug-likeness (QED) is 0.574. The fourth-order valence-electron chi connectivity index (χ4n) is 2.53. The van der Waals surface area contributed by atoms with Crippen LogP contribution in [0.25, 0.3) is 0 Å². The van der Waals surface area contributed by atoms with Gasteiger partial charge in [-0.15, -0.1) is 0 Å². The highest BCUT2D eigenvalue weighted by Gasteiger charge is 2.14. The molecule has 1 aliphatic heterocycles. The highest BCUT2D eigenvalue weighted by atomic mass is 35.5. The molecule has 0 spiro atoms. The molecule has 0 amide bonds. The molecule has 0 unspecified atom stereocenters. The molecule has 0 aliphatic carbocycles. The van der Waals surface area contributed by atoms with Gasteiger partial charge in [0.25, 0.3) is 0 Å². The first kappa shape index (κ1) is 18.5. The van der Waals surface area contributed by atoms with Crippen LogP contribution in [0.3, 0.4) is 0 Å². The molecule has 1 N–H and O–H groups in total. The zero-order valence-electron chi connectivity index (χ0n) is 14.0. The smallest absolute Gasteiger partial charge is 0.344 e. The number of esters is 1. The summed E-state index contributed by atoms with van der Waals surface area (Å²) in [5.74, 6) is 0.847. The van der Waals surface area contributed by atoms with Crippen molar-refractivity contribution < 1.29 is 14.3 Å². The molecule has 3 rings (SSSR count). The van der Waals surface area contributed by atoms with Gasteiger partial charge in [-0.1, -0.05) is 47.5 Å². The summed E-state index contributed by atoms with van der Waals surface area (Å²) in [4.78, 5) is 16.2. The van der Waals surface area contributed by atoms with Gasteiger partial charge in [0.05, 0.1) is 18.2 Å². The number of hydrogen-bond donors (Lipinski definition) is 1. The lowest BCUT2D eigenvalue weighted by atomic mass is 10.1. The summed E-state index contributed by atoms with van der Waals surface area (Å²) in [5, 5.41) is 4.14. The second kappa shape index (κ2) is 8.92. The van der Waals surface area contributed by atoms with Gasteiger partial charge in [0.1, 0.15) is 11.6 Å². The van der Waals surface area contributed by atoms with E-state index in [0.717, 1.165) is 11.4 Å². The Morgan fingerprint density at radius 3 is 2.88 bits per heavy atom. The first-order chi connectivity index (χ1) is 12.6. The monoisotopic (exact) mass is 392 g/mol. The zero-order chi connectivity index (χ0) is 18.4. The lowest BCUT2D eigenvalue weighted by Crippen LogP contribution is -2.25. The van der Waals surface area contributed by atoms with Crippen molar-refractivity contribution in [1.82, 2.24) is 5.32 Å². The predicted octanol–water partition coefficient (Wildman–Crippen LogP) is 3.86. The third kappa shape index (κ3) is 4.90. The minimum Gasteiger partial charge on any atom is -0.480 e. The maximum Gasteiger partial charge on any atom is 0.344 e. The first-order valence-corrected chi connectivity index (χ1v) is 8.99. The van der Waals surface area contributed by atoms with Crippen LogP contribution < -0.4 is 10.1 Å². The van der Waals surface area contributed by atoms with Gasteiger partial charge in [0.2, 0.25) is 0 Å². The Labute approximate surface area is 161 Å². The van der Waals surface area contributed by atoms with E-state index in [1.54, 1.807) is 18.2 Å². The Balaban J connectivity index is 1.32. The number of halogens is 2. The third-order valence-corrected chi connectivity index (χ3v) is 4.33. The normalized spacial score (nSPS) is 12.3. The van der Waals surface area contributed by atoms with Gasteiger partial charge < -0.3 is 14.8 Å². The maximum atomic E-state index is 11.7. The molecule has 1 heterocycles. The first-order valence-electron chi connectivity index (χ1n) is 8.23. The van der Waals surface area contributed by atoms with Crippen LogP contribution in [0.15, 0.2) is 47.5 Å². The minimum atomic E-state index is -0.445. The average Bonchev–Trinajstić information content (AvgIpc) is 3.04. The summed E-state index contributed by atoms with van der Waals surface area (Å²) >= 11 is 11.8. The van der Waals surface area contributed by atoms with Crippen molar-refractivity contribution in [1.29, 1.82) is 0 Å². The van der Waals surface area contributed by atoms with Gasteiger partial charge >= 0.3 is 5.97 Å². The Bertz CT molecular complexity index is 824. The van der Waals surface area contributed by atoms with E-state index >= 15 is 0 Å². The minimum absolute atomic E-state index is 0.200. The van der Waals surface area contributed by atoms with Gasteiger partial charge in [0, 0.05) is 17.1 Å². The van der Waals surface area contributed by atoms with Gasteiger partial charge in [-0.3, -0.25) is 4.99 Å². The summed E-state index contributed by atoms with van der Waals surface area (Å²) in [7, 11) is 0. The van der Waals surface area contributed by atoms with Crippen LogP contribution in [-0.2, 0) is 16.1 Å². The number of carbonyl (C=O) groups excluding carboxylic acids is 1. The number of fused-ring (bicyclic) bond motifs is 1. The molecule has 0 radical (unpaired) electrons. The Morgan fingerprint density at radius 2 is 2.04 bits per heavy atom. The van der Waals surface area contributed by atoms with E-state index in [4.69, 9.17) is 32.7 Å². The summed E-state index contributed by atoms with van der Waals surface area (Å²) in [6.45, 7) is 1.48. The van der Waals surface area contributed by atoms with E-state index in [0.29, 0.717) is 41.9 Å². The fourth-order valence-corrected chi connectivity index (χ4v) is 2.99. The summed E-state index contributed by atoms with van der Waals surface area (Å²) in [6, 6.07) is 12.9. The van der Waals surface area contributed by atoms with Crippen molar-refractivity contribution in [3.05, 3.63) is 63.6 Å². The number of nitrogens with one attached hydrogen (secondary N) is 1. The molecule has 0 fully saturated rings.